The van der Waals surface area contributed by atoms with Crippen LogP contribution in [0.3, 0.4) is 0 Å². The zero-order chi connectivity index (χ0) is 25.6. The van der Waals surface area contributed by atoms with Crippen molar-refractivity contribution in [1.82, 2.24) is 16.0 Å². The fourth-order valence-electron chi connectivity index (χ4n) is 2.49. The van der Waals surface area contributed by atoms with E-state index in [-0.39, 0.29) is 32.1 Å². The SMILES string of the molecule is CSCCC(NC(=O)C(CCC(N)=O)NC(=O)C(CO)NC(=O)C(N)CCC(N)=O)C(=O)O. The lowest BCUT2D eigenvalue weighted by Gasteiger charge is -2.24. The topological polar surface area (TPSA) is 257 Å². The number of rotatable bonds is 17. The molecule has 0 aliphatic rings. The maximum absolute atomic E-state index is 12.6. The Labute approximate surface area is 194 Å². The first-order valence-corrected chi connectivity index (χ1v) is 11.4. The number of aliphatic hydroxyl groups excluding tert-OH is 1. The lowest BCUT2D eigenvalue weighted by molar-refractivity contribution is -0.142. The second-order valence-corrected chi connectivity index (χ2v) is 8.09. The quantitative estimate of drug-likeness (QED) is 0.0979. The third kappa shape index (κ3) is 12.6. The first-order valence-electron chi connectivity index (χ1n) is 9.98. The van der Waals surface area contributed by atoms with Crippen LogP contribution in [-0.4, -0.2) is 88.5 Å². The minimum atomic E-state index is -1.51. The van der Waals surface area contributed by atoms with Gasteiger partial charge in [0.15, 0.2) is 0 Å². The molecule has 188 valence electrons. The molecule has 4 atom stereocenters. The van der Waals surface area contributed by atoms with Crippen molar-refractivity contribution in [1.29, 1.82) is 0 Å². The van der Waals surface area contributed by atoms with E-state index in [0.29, 0.717) is 5.75 Å². The fraction of sp³-hybridized carbons (Fsp3) is 0.667. The number of hydrogen-bond acceptors (Lipinski definition) is 9. The van der Waals surface area contributed by atoms with Crippen molar-refractivity contribution < 1.29 is 39.0 Å². The summed E-state index contributed by atoms with van der Waals surface area (Å²) in [6.07, 6.45) is 1.09. The minimum Gasteiger partial charge on any atom is -0.480 e. The Morgan fingerprint density at radius 2 is 1.27 bits per heavy atom. The van der Waals surface area contributed by atoms with E-state index in [1.54, 1.807) is 6.26 Å². The van der Waals surface area contributed by atoms with Crippen molar-refractivity contribution in [2.45, 2.75) is 56.3 Å². The van der Waals surface area contributed by atoms with Crippen LogP contribution in [-0.2, 0) is 28.8 Å². The molecule has 11 N–H and O–H groups in total. The highest BCUT2D eigenvalue weighted by atomic mass is 32.2. The number of amides is 5. The summed E-state index contributed by atoms with van der Waals surface area (Å²) < 4.78 is 0. The third-order valence-corrected chi connectivity index (χ3v) is 5.04. The Morgan fingerprint density at radius 1 is 0.788 bits per heavy atom. The molecule has 0 heterocycles. The van der Waals surface area contributed by atoms with Crippen LogP contribution in [0.15, 0.2) is 0 Å². The van der Waals surface area contributed by atoms with Crippen LogP contribution in [0, 0.1) is 0 Å². The Hall–Kier alpha value is -2.91. The Morgan fingerprint density at radius 3 is 1.76 bits per heavy atom. The largest absolute Gasteiger partial charge is 0.480 e. The van der Waals surface area contributed by atoms with Crippen LogP contribution in [0.2, 0.25) is 0 Å². The summed E-state index contributed by atoms with van der Waals surface area (Å²) in [7, 11) is 0. The van der Waals surface area contributed by atoms with Crippen molar-refractivity contribution in [2.24, 2.45) is 17.2 Å². The van der Waals surface area contributed by atoms with Crippen LogP contribution in [0.1, 0.15) is 32.1 Å². The molecule has 0 spiro atoms. The zero-order valence-electron chi connectivity index (χ0n) is 18.2. The van der Waals surface area contributed by atoms with Crippen LogP contribution in [0.4, 0.5) is 0 Å². The van der Waals surface area contributed by atoms with Gasteiger partial charge in [-0.3, -0.25) is 24.0 Å². The maximum atomic E-state index is 12.6. The lowest BCUT2D eigenvalue weighted by atomic mass is 10.1. The van der Waals surface area contributed by atoms with Gasteiger partial charge in [-0.2, -0.15) is 11.8 Å². The van der Waals surface area contributed by atoms with E-state index in [2.05, 4.69) is 16.0 Å². The predicted molar refractivity (Wildman–Crippen MR) is 118 cm³/mol. The highest BCUT2D eigenvalue weighted by molar-refractivity contribution is 7.98. The first-order chi connectivity index (χ1) is 15.4. The molecule has 0 aromatic carbocycles. The molecule has 0 bridgehead atoms. The Kier molecular flexibility index (Phi) is 14.4. The number of nitrogens with two attached hydrogens (primary N) is 3. The number of thioether (sulfide) groups is 1. The molecule has 14 nitrogen and oxygen atoms in total. The average Bonchev–Trinajstić information content (AvgIpc) is 2.74. The molecule has 0 fully saturated rings. The smallest absolute Gasteiger partial charge is 0.326 e. The second kappa shape index (κ2) is 15.8. The van der Waals surface area contributed by atoms with Crippen molar-refractivity contribution >= 4 is 47.3 Å². The molecule has 33 heavy (non-hydrogen) atoms. The number of aliphatic hydroxyl groups is 1. The van der Waals surface area contributed by atoms with E-state index >= 15 is 0 Å². The van der Waals surface area contributed by atoms with Gasteiger partial charge in [-0.05, 0) is 31.3 Å². The molecule has 0 aromatic rings. The van der Waals surface area contributed by atoms with Gasteiger partial charge in [0, 0.05) is 12.8 Å². The molecule has 4 unspecified atom stereocenters. The van der Waals surface area contributed by atoms with Crippen molar-refractivity contribution in [3.63, 3.8) is 0 Å². The summed E-state index contributed by atoms with van der Waals surface area (Å²) in [6, 6.07) is -5.28. The summed E-state index contributed by atoms with van der Waals surface area (Å²) >= 11 is 1.38. The van der Waals surface area contributed by atoms with Gasteiger partial charge in [0.25, 0.3) is 0 Å². The van der Waals surface area contributed by atoms with Gasteiger partial charge in [0.05, 0.1) is 12.6 Å². The number of carboxylic acids is 1. The molecule has 0 saturated heterocycles. The molecule has 15 heteroatoms. The van der Waals surface area contributed by atoms with Gasteiger partial charge in [0.2, 0.25) is 29.5 Å². The second-order valence-electron chi connectivity index (χ2n) is 7.10. The molecule has 0 aromatic heterocycles. The number of carboxylic acid groups (broad SMARTS) is 1. The highest BCUT2D eigenvalue weighted by Gasteiger charge is 2.30. The van der Waals surface area contributed by atoms with Gasteiger partial charge in [-0.1, -0.05) is 0 Å². The molecular weight excluding hydrogens is 460 g/mol. The van der Waals surface area contributed by atoms with Crippen LogP contribution in [0.5, 0.6) is 0 Å². The number of nitrogens with one attached hydrogen (secondary N) is 3. The zero-order valence-corrected chi connectivity index (χ0v) is 19.1. The van der Waals surface area contributed by atoms with Crippen molar-refractivity contribution in [3.8, 4) is 0 Å². The van der Waals surface area contributed by atoms with Gasteiger partial charge in [-0.25, -0.2) is 4.79 Å². The summed E-state index contributed by atoms with van der Waals surface area (Å²) in [5.41, 5.74) is 15.7. The van der Waals surface area contributed by atoms with Gasteiger partial charge in [-0.15, -0.1) is 0 Å². The van der Waals surface area contributed by atoms with E-state index in [9.17, 15) is 39.0 Å². The van der Waals surface area contributed by atoms with Gasteiger partial charge in [0.1, 0.15) is 18.1 Å². The van der Waals surface area contributed by atoms with E-state index in [4.69, 9.17) is 17.2 Å². The number of hydrogen-bond donors (Lipinski definition) is 8. The monoisotopic (exact) mass is 492 g/mol. The van der Waals surface area contributed by atoms with Crippen molar-refractivity contribution in [2.75, 3.05) is 18.6 Å². The van der Waals surface area contributed by atoms with E-state index in [0.717, 1.165) is 0 Å². The van der Waals surface area contributed by atoms with Gasteiger partial charge < -0.3 is 43.4 Å². The van der Waals surface area contributed by atoms with E-state index < -0.39 is 66.3 Å². The van der Waals surface area contributed by atoms with Crippen LogP contribution >= 0.6 is 11.8 Å². The minimum absolute atomic E-state index is 0.0861. The molecule has 0 radical (unpaired) electrons. The fourth-order valence-corrected chi connectivity index (χ4v) is 2.97. The number of aliphatic carboxylic acids is 1. The molecule has 0 aliphatic heterocycles. The summed E-state index contributed by atoms with van der Waals surface area (Å²) in [6.45, 7) is -0.851. The molecule has 5 amide bonds. The van der Waals surface area contributed by atoms with Crippen molar-refractivity contribution in [3.05, 3.63) is 0 Å². The third-order valence-electron chi connectivity index (χ3n) is 4.39. The number of carbonyl (C=O) groups excluding carboxylic acids is 5. The number of carbonyl (C=O) groups is 6. The summed E-state index contributed by atoms with van der Waals surface area (Å²) in [5, 5.41) is 25.5. The van der Waals surface area contributed by atoms with E-state index in [1.807, 2.05) is 0 Å². The maximum Gasteiger partial charge on any atom is 0.326 e. The molecule has 0 saturated carbocycles. The predicted octanol–water partition coefficient (Wildman–Crippen LogP) is -3.87. The summed E-state index contributed by atoms with van der Waals surface area (Å²) in [4.78, 5) is 70.6. The van der Waals surface area contributed by atoms with E-state index in [1.165, 1.54) is 11.8 Å². The van der Waals surface area contributed by atoms with Gasteiger partial charge >= 0.3 is 5.97 Å². The molecule has 0 aliphatic carbocycles. The Bertz CT molecular complexity index is 722. The lowest BCUT2D eigenvalue weighted by Crippen LogP contribution is -2.58. The summed E-state index contributed by atoms with van der Waals surface area (Å²) in [5.74, 6) is -4.95. The highest BCUT2D eigenvalue weighted by Crippen LogP contribution is 2.05. The first kappa shape index (κ1) is 30.1. The molecule has 0 rings (SSSR count). The Balaban J connectivity index is 5.26. The average molecular weight is 493 g/mol. The van der Waals surface area contributed by atoms with Crippen LogP contribution in [0.25, 0.3) is 0 Å². The normalized spacial score (nSPS) is 14.3. The van der Waals surface area contributed by atoms with Crippen LogP contribution < -0.4 is 33.2 Å². The molecular formula is C18H32N6O8S. The number of primary amides is 2. The standard InChI is InChI=1S/C18H32N6O8S/c1-33-7-6-11(18(31)32)23-16(29)10(3-5-14(21)27)22-17(30)12(8-25)24-15(28)9(19)2-4-13(20)26/h9-12,25H,2-8,19H2,1H3,(H2,20,26)(H2,21,27)(H,22,30)(H,23,29)(H,24,28)(H,31,32).